The van der Waals surface area contributed by atoms with Crippen LogP contribution in [0.4, 0.5) is 4.79 Å². The summed E-state index contributed by atoms with van der Waals surface area (Å²) in [5, 5.41) is 11.7. The third kappa shape index (κ3) is 4.94. The second kappa shape index (κ2) is 7.24. The van der Waals surface area contributed by atoms with Crippen molar-refractivity contribution in [2.24, 2.45) is 0 Å². The molecule has 0 aromatic rings. The normalized spacial score (nSPS) is 16.1. The molecule has 1 rings (SSSR count). The van der Waals surface area contributed by atoms with E-state index in [0.29, 0.717) is 6.54 Å². The van der Waals surface area contributed by atoms with Crippen LogP contribution in [0.3, 0.4) is 0 Å². The van der Waals surface area contributed by atoms with Crippen molar-refractivity contribution in [2.45, 2.75) is 64.5 Å². The van der Waals surface area contributed by atoms with Gasteiger partial charge in [0.25, 0.3) is 0 Å². The molecule has 5 nitrogen and oxygen atoms in total. The number of carboxylic acid groups (broad SMARTS) is 1. The molecule has 104 valence electrons. The van der Waals surface area contributed by atoms with Crippen molar-refractivity contribution in [3.05, 3.63) is 0 Å². The molecule has 1 unspecified atom stereocenters. The Morgan fingerprint density at radius 3 is 2.50 bits per heavy atom. The molecule has 1 fully saturated rings. The van der Waals surface area contributed by atoms with Gasteiger partial charge in [-0.05, 0) is 25.7 Å². The van der Waals surface area contributed by atoms with Crippen LogP contribution in [0.2, 0.25) is 0 Å². The highest BCUT2D eigenvalue weighted by Crippen LogP contribution is 2.27. The summed E-state index contributed by atoms with van der Waals surface area (Å²) in [4.78, 5) is 24.4. The largest absolute Gasteiger partial charge is 0.481 e. The van der Waals surface area contributed by atoms with Crippen LogP contribution >= 0.6 is 0 Å². The Morgan fingerprint density at radius 1 is 1.39 bits per heavy atom. The van der Waals surface area contributed by atoms with Crippen LogP contribution in [0.25, 0.3) is 0 Å². The van der Waals surface area contributed by atoms with Gasteiger partial charge in [-0.3, -0.25) is 4.79 Å². The topological polar surface area (TPSA) is 69.6 Å². The molecule has 1 aliphatic rings. The van der Waals surface area contributed by atoms with E-state index in [2.05, 4.69) is 19.2 Å². The van der Waals surface area contributed by atoms with Gasteiger partial charge in [-0.1, -0.05) is 20.3 Å². The molecule has 1 atom stereocenters. The van der Waals surface area contributed by atoms with Gasteiger partial charge in [0.2, 0.25) is 0 Å². The van der Waals surface area contributed by atoms with Crippen molar-refractivity contribution in [1.82, 2.24) is 10.2 Å². The Balaban J connectivity index is 2.45. The van der Waals surface area contributed by atoms with E-state index in [0.717, 1.165) is 32.1 Å². The van der Waals surface area contributed by atoms with Crippen molar-refractivity contribution in [2.75, 3.05) is 6.54 Å². The number of nitrogens with zero attached hydrogens (tertiary/aromatic N) is 1. The fraction of sp³-hybridized carbons (Fsp3) is 0.846. The summed E-state index contributed by atoms with van der Waals surface area (Å²) in [6.07, 6.45) is 4.94. The van der Waals surface area contributed by atoms with Crippen molar-refractivity contribution >= 4 is 12.0 Å². The molecule has 1 aliphatic carbocycles. The third-order valence-corrected chi connectivity index (χ3v) is 3.27. The van der Waals surface area contributed by atoms with Crippen LogP contribution in [0.5, 0.6) is 0 Å². The molecule has 1 saturated carbocycles. The van der Waals surface area contributed by atoms with Gasteiger partial charge in [0, 0.05) is 18.6 Å². The smallest absolute Gasteiger partial charge is 0.317 e. The highest BCUT2D eigenvalue weighted by atomic mass is 16.4. The minimum absolute atomic E-state index is 0.0223. The minimum Gasteiger partial charge on any atom is -0.481 e. The Morgan fingerprint density at radius 2 is 2.06 bits per heavy atom. The number of carbonyl (C=O) groups is 2. The van der Waals surface area contributed by atoms with E-state index < -0.39 is 5.97 Å². The quantitative estimate of drug-likeness (QED) is 0.699. The lowest BCUT2D eigenvalue weighted by atomic mass is 10.1. The first-order valence-corrected chi connectivity index (χ1v) is 6.87. The van der Waals surface area contributed by atoms with E-state index in [9.17, 15) is 9.59 Å². The Labute approximate surface area is 109 Å². The SMILES string of the molecule is CCCC(CC)NC(=O)N(CCC(=O)O)C1CC1. The van der Waals surface area contributed by atoms with Gasteiger partial charge >= 0.3 is 12.0 Å². The highest BCUT2D eigenvalue weighted by Gasteiger charge is 2.33. The van der Waals surface area contributed by atoms with Gasteiger partial charge in [0.05, 0.1) is 6.42 Å². The fourth-order valence-electron chi connectivity index (χ4n) is 2.04. The Bertz CT molecular complexity index is 290. The van der Waals surface area contributed by atoms with E-state index >= 15 is 0 Å². The molecule has 0 aliphatic heterocycles. The van der Waals surface area contributed by atoms with Gasteiger partial charge in [-0.25, -0.2) is 4.79 Å². The van der Waals surface area contributed by atoms with Gasteiger partial charge in [-0.15, -0.1) is 0 Å². The van der Waals surface area contributed by atoms with Crippen LogP contribution < -0.4 is 5.32 Å². The maximum Gasteiger partial charge on any atom is 0.317 e. The molecule has 5 heteroatoms. The summed E-state index contributed by atoms with van der Waals surface area (Å²) in [6.45, 7) is 4.46. The summed E-state index contributed by atoms with van der Waals surface area (Å²) in [7, 11) is 0. The number of amides is 2. The van der Waals surface area contributed by atoms with E-state index in [1.807, 2.05) is 0 Å². The monoisotopic (exact) mass is 256 g/mol. The zero-order valence-corrected chi connectivity index (χ0v) is 11.3. The average Bonchev–Trinajstić information content (AvgIpc) is 3.12. The molecular formula is C13H24N2O3. The first-order valence-electron chi connectivity index (χ1n) is 6.87. The van der Waals surface area contributed by atoms with E-state index in [1.165, 1.54) is 0 Å². The predicted molar refractivity (Wildman–Crippen MR) is 69.5 cm³/mol. The van der Waals surface area contributed by atoms with Gasteiger partial charge in [0.1, 0.15) is 0 Å². The van der Waals surface area contributed by atoms with E-state index in [4.69, 9.17) is 5.11 Å². The standard InChI is InChI=1S/C13H24N2O3/c1-3-5-10(4-2)14-13(18)15(11-6-7-11)9-8-12(16)17/h10-11H,3-9H2,1-2H3,(H,14,18)(H,16,17). The summed E-state index contributed by atoms with van der Waals surface area (Å²) < 4.78 is 0. The second-order valence-corrected chi connectivity index (χ2v) is 4.91. The van der Waals surface area contributed by atoms with Crippen LogP contribution in [0, 0.1) is 0 Å². The lowest BCUT2D eigenvalue weighted by Crippen LogP contribution is -2.46. The number of urea groups is 1. The lowest BCUT2D eigenvalue weighted by molar-refractivity contribution is -0.137. The molecule has 18 heavy (non-hydrogen) atoms. The summed E-state index contributed by atoms with van der Waals surface area (Å²) in [5.74, 6) is -0.853. The number of nitrogens with one attached hydrogen (secondary N) is 1. The molecule has 2 N–H and O–H groups in total. The van der Waals surface area contributed by atoms with Crippen molar-refractivity contribution in [3.8, 4) is 0 Å². The molecular weight excluding hydrogens is 232 g/mol. The first-order chi connectivity index (χ1) is 8.58. The van der Waals surface area contributed by atoms with E-state index in [1.54, 1.807) is 4.90 Å². The molecule has 0 radical (unpaired) electrons. The number of carbonyl (C=O) groups excluding carboxylic acids is 1. The molecule has 0 aromatic carbocycles. The zero-order valence-electron chi connectivity index (χ0n) is 11.3. The van der Waals surface area contributed by atoms with Crippen LogP contribution in [0.1, 0.15) is 52.4 Å². The second-order valence-electron chi connectivity index (χ2n) is 4.91. The average molecular weight is 256 g/mol. The molecule has 0 saturated heterocycles. The maximum absolute atomic E-state index is 12.1. The van der Waals surface area contributed by atoms with Gasteiger partial charge < -0.3 is 15.3 Å². The van der Waals surface area contributed by atoms with E-state index in [-0.39, 0.29) is 24.5 Å². The van der Waals surface area contributed by atoms with Crippen LogP contribution in [-0.2, 0) is 4.79 Å². The molecule has 0 bridgehead atoms. The van der Waals surface area contributed by atoms with Gasteiger partial charge in [0.15, 0.2) is 0 Å². The number of hydrogen-bond acceptors (Lipinski definition) is 2. The van der Waals surface area contributed by atoms with Gasteiger partial charge in [-0.2, -0.15) is 0 Å². The van der Waals surface area contributed by atoms with Crippen LogP contribution in [-0.4, -0.2) is 40.6 Å². The lowest BCUT2D eigenvalue weighted by Gasteiger charge is -2.25. The Hall–Kier alpha value is -1.26. The molecule has 0 aromatic heterocycles. The number of hydrogen-bond donors (Lipinski definition) is 2. The fourth-order valence-corrected chi connectivity index (χ4v) is 2.04. The summed E-state index contributed by atoms with van der Waals surface area (Å²) >= 11 is 0. The Kier molecular flexibility index (Phi) is 5.95. The van der Waals surface area contributed by atoms with Crippen molar-refractivity contribution < 1.29 is 14.7 Å². The van der Waals surface area contributed by atoms with Crippen LogP contribution in [0.15, 0.2) is 0 Å². The third-order valence-electron chi connectivity index (χ3n) is 3.27. The summed E-state index contributed by atoms with van der Waals surface area (Å²) in [6, 6.07) is 0.358. The number of rotatable bonds is 8. The number of carboxylic acids is 1. The maximum atomic E-state index is 12.1. The molecule has 0 heterocycles. The van der Waals surface area contributed by atoms with Crippen molar-refractivity contribution in [3.63, 3.8) is 0 Å². The van der Waals surface area contributed by atoms with Crippen molar-refractivity contribution in [1.29, 1.82) is 0 Å². The zero-order chi connectivity index (χ0) is 13.5. The predicted octanol–water partition coefficient (Wildman–Crippen LogP) is 2.21. The molecule has 2 amide bonds. The first kappa shape index (κ1) is 14.8. The highest BCUT2D eigenvalue weighted by molar-refractivity contribution is 5.76. The minimum atomic E-state index is -0.853. The number of aliphatic carboxylic acids is 1. The summed E-state index contributed by atoms with van der Waals surface area (Å²) in [5.41, 5.74) is 0. The molecule has 0 spiro atoms.